The van der Waals surface area contributed by atoms with Crippen LogP contribution in [-0.4, -0.2) is 33.0 Å². The number of aromatic nitrogens is 3. The van der Waals surface area contributed by atoms with Gasteiger partial charge in [0.05, 0.1) is 23.9 Å². The van der Waals surface area contributed by atoms with Gasteiger partial charge in [-0.25, -0.2) is 4.98 Å². The van der Waals surface area contributed by atoms with Crippen LogP contribution in [-0.2, 0) is 0 Å². The first-order chi connectivity index (χ1) is 16.1. The van der Waals surface area contributed by atoms with Crippen LogP contribution in [0.1, 0.15) is 25.3 Å². The second kappa shape index (κ2) is 7.52. The zero-order valence-electron chi connectivity index (χ0n) is 18.9. The maximum atomic E-state index is 6.26. The molecule has 4 heterocycles. The molecule has 0 amide bonds. The number of nitrogens with zero attached hydrogens (tertiary/aromatic N) is 5. The van der Waals surface area contributed by atoms with E-state index < -0.39 is 0 Å². The summed E-state index contributed by atoms with van der Waals surface area (Å²) in [6, 6.07) is 16.6. The minimum atomic E-state index is 0.386. The molecule has 6 nitrogen and oxygen atoms in total. The lowest BCUT2D eigenvalue weighted by atomic mass is 9.96. The zero-order chi connectivity index (χ0) is 22.5. The summed E-state index contributed by atoms with van der Waals surface area (Å²) in [5.74, 6) is 1.86. The summed E-state index contributed by atoms with van der Waals surface area (Å²) in [7, 11) is 2.06. The topological polar surface area (TPSA) is 45.9 Å². The largest absolute Gasteiger partial charge is 0.456 e. The average molecular weight is 436 g/mol. The molecule has 6 heteroatoms. The number of pyridine rings is 2. The van der Waals surface area contributed by atoms with E-state index in [1.54, 1.807) is 0 Å². The van der Waals surface area contributed by atoms with Crippen LogP contribution in [0.3, 0.4) is 0 Å². The number of ether oxygens (including phenoxy) is 1. The van der Waals surface area contributed by atoms with Crippen molar-refractivity contribution in [3.63, 3.8) is 0 Å². The molecule has 0 atom stereocenters. The predicted octanol–water partition coefficient (Wildman–Crippen LogP) is 6.13. The van der Waals surface area contributed by atoms with E-state index in [1.165, 1.54) is 10.9 Å². The van der Waals surface area contributed by atoms with Crippen LogP contribution in [0.4, 0.5) is 5.69 Å². The molecule has 1 aliphatic heterocycles. The van der Waals surface area contributed by atoms with E-state index in [2.05, 4.69) is 88.9 Å². The summed E-state index contributed by atoms with van der Waals surface area (Å²) >= 11 is 0. The van der Waals surface area contributed by atoms with Gasteiger partial charge in [0.25, 0.3) is 0 Å². The molecule has 0 bridgehead atoms. The van der Waals surface area contributed by atoms with Crippen LogP contribution in [0.25, 0.3) is 27.5 Å². The number of hydrogen-bond acceptors (Lipinski definition) is 5. The van der Waals surface area contributed by atoms with Gasteiger partial charge in [0.15, 0.2) is 0 Å². The molecular formula is C27H25N5O. The van der Waals surface area contributed by atoms with Crippen LogP contribution in [0, 0.1) is 0 Å². The normalized spacial score (nSPS) is 13.8. The van der Waals surface area contributed by atoms with Crippen LogP contribution in [0.5, 0.6) is 11.5 Å². The van der Waals surface area contributed by atoms with Gasteiger partial charge in [-0.2, -0.15) is 0 Å². The molecule has 0 aliphatic carbocycles. The summed E-state index contributed by atoms with van der Waals surface area (Å²) in [6.07, 6.45) is 9.80. The number of benzene rings is 2. The lowest BCUT2D eigenvalue weighted by Crippen LogP contribution is -2.21. The van der Waals surface area contributed by atoms with Crippen molar-refractivity contribution in [2.24, 2.45) is 0 Å². The van der Waals surface area contributed by atoms with Gasteiger partial charge in [0.1, 0.15) is 17.1 Å². The minimum absolute atomic E-state index is 0.386. The van der Waals surface area contributed by atoms with Crippen LogP contribution in [0.2, 0.25) is 0 Å². The third-order valence-electron chi connectivity index (χ3n) is 6.20. The maximum absolute atomic E-state index is 6.26. The van der Waals surface area contributed by atoms with Crippen molar-refractivity contribution >= 4 is 33.1 Å². The Morgan fingerprint density at radius 2 is 1.85 bits per heavy atom. The van der Waals surface area contributed by atoms with Gasteiger partial charge in [-0.05, 0) is 35.7 Å². The fourth-order valence-electron chi connectivity index (χ4n) is 4.62. The average Bonchev–Trinajstić information content (AvgIpc) is 3.48. The van der Waals surface area contributed by atoms with E-state index in [-0.39, 0.29) is 0 Å². The van der Waals surface area contributed by atoms with Crippen molar-refractivity contribution < 1.29 is 4.74 Å². The Hall–Kier alpha value is -4.06. The van der Waals surface area contributed by atoms with E-state index >= 15 is 0 Å². The molecule has 0 unspecified atom stereocenters. The van der Waals surface area contributed by atoms with Crippen molar-refractivity contribution in [1.29, 1.82) is 0 Å². The second-order valence-corrected chi connectivity index (χ2v) is 8.85. The molecule has 33 heavy (non-hydrogen) atoms. The van der Waals surface area contributed by atoms with Crippen molar-refractivity contribution in [3.05, 3.63) is 85.1 Å². The molecule has 2 aromatic carbocycles. The van der Waals surface area contributed by atoms with Gasteiger partial charge >= 0.3 is 0 Å². The molecule has 0 radical (unpaired) electrons. The van der Waals surface area contributed by atoms with E-state index in [9.17, 15) is 0 Å². The first kappa shape index (κ1) is 19.6. The van der Waals surface area contributed by atoms with Gasteiger partial charge in [0.2, 0.25) is 0 Å². The summed E-state index contributed by atoms with van der Waals surface area (Å²) in [4.78, 5) is 13.8. The quantitative estimate of drug-likeness (QED) is 0.318. The highest BCUT2D eigenvalue weighted by molar-refractivity contribution is 6.11. The molecule has 1 aliphatic rings. The van der Waals surface area contributed by atoms with E-state index in [0.717, 1.165) is 40.2 Å². The molecule has 3 aromatic heterocycles. The van der Waals surface area contributed by atoms with Gasteiger partial charge in [-0.3, -0.25) is 9.38 Å². The van der Waals surface area contributed by atoms with Crippen molar-refractivity contribution in [1.82, 2.24) is 19.3 Å². The molecule has 0 spiro atoms. The summed E-state index contributed by atoms with van der Waals surface area (Å²) in [5, 5.41) is 2.16. The predicted molar refractivity (Wildman–Crippen MR) is 133 cm³/mol. The Balaban J connectivity index is 1.46. The highest BCUT2D eigenvalue weighted by Crippen LogP contribution is 2.35. The monoisotopic (exact) mass is 435 g/mol. The second-order valence-electron chi connectivity index (χ2n) is 8.85. The molecule has 6 rings (SSSR count). The van der Waals surface area contributed by atoms with Gasteiger partial charge in [0, 0.05) is 54.4 Å². The van der Waals surface area contributed by atoms with Crippen molar-refractivity contribution in [2.45, 2.75) is 19.8 Å². The first-order valence-electron chi connectivity index (χ1n) is 11.2. The SMILES string of the molecule is CC(C)c1cccc2c1c1ncc(Oc3cccc(N4C=CN(C)C4)c3)cc1c1nccn21. The summed E-state index contributed by atoms with van der Waals surface area (Å²) < 4.78 is 8.41. The molecule has 0 N–H and O–H groups in total. The lowest BCUT2D eigenvalue weighted by molar-refractivity contribution is 0.479. The highest BCUT2D eigenvalue weighted by Gasteiger charge is 2.16. The molecule has 0 fully saturated rings. The molecule has 0 saturated heterocycles. The van der Waals surface area contributed by atoms with Crippen LogP contribution in [0.15, 0.2) is 79.5 Å². The Bertz CT molecular complexity index is 1530. The fourth-order valence-corrected chi connectivity index (χ4v) is 4.62. The zero-order valence-corrected chi connectivity index (χ0v) is 18.9. The smallest absolute Gasteiger partial charge is 0.146 e. The van der Waals surface area contributed by atoms with Crippen LogP contribution >= 0.6 is 0 Å². The van der Waals surface area contributed by atoms with Gasteiger partial charge in [-0.1, -0.05) is 32.0 Å². The standard InChI is InChI=1S/C27H25N5O/c1-18(2)22-8-5-9-24-25(22)26-23(27-28-10-11-32(24)27)15-21(16-29-26)33-20-7-4-6-19(14-20)31-13-12-30(3)17-31/h4-16,18H,17H2,1-3H3. The van der Waals surface area contributed by atoms with Gasteiger partial charge in [-0.15, -0.1) is 0 Å². The molecule has 0 saturated carbocycles. The Labute approximate surface area is 192 Å². The maximum Gasteiger partial charge on any atom is 0.146 e. The summed E-state index contributed by atoms with van der Waals surface area (Å²) in [6.45, 7) is 5.26. The molecular weight excluding hydrogens is 410 g/mol. The number of rotatable bonds is 4. The van der Waals surface area contributed by atoms with E-state index in [1.807, 2.05) is 30.7 Å². The van der Waals surface area contributed by atoms with Crippen LogP contribution < -0.4 is 9.64 Å². The van der Waals surface area contributed by atoms with E-state index in [4.69, 9.17) is 9.72 Å². The van der Waals surface area contributed by atoms with Gasteiger partial charge < -0.3 is 14.5 Å². The third kappa shape index (κ3) is 3.26. The first-order valence-corrected chi connectivity index (χ1v) is 11.2. The minimum Gasteiger partial charge on any atom is -0.456 e. The van der Waals surface area contributed by atoms with Crippen molar-refractivity contribution in [3.8, 4) is 11.5 Å². The Kier molecular flexibility index (Phi) is 4.47. The summed E-state index contributed by atoms with van der Waals surface area (Å²) in [5.41, 5.74) is 5.34. The number of anilines is 1. The Morgan fingerprint density at radius 1 is 0.970 bits per heavy atom. The third-order valence-corrected chi connectivity index (χ3v) is 6.20. The highest BCUT2D eigenvalue weighted by atomic mass is 16.5. The number of imidazole rings is 1. The Morgan fingerprint density at radius 3 is 2.67 bits per heavy atom. The molecule has 164 valence electrons. The molecule has 5 aromatic rings. The fraction of sp³-hybridized carbons (Fsp3) is 0.185. The van der Waals surface area contributed by atoms with Crippen molar-refractivity contribution in [2.75, 3.05) is 18.6 Å². The number of fused-ring (bicyclic) bond motifs is 6. The number of hydrogen-bond donors (Lipinski definition) is 0. The van der Waals surface area contributed by atoms with E-state index in [0.29, 0.717) is 11.7 Å². The lowest BCUT2D eigenvalue weighted by Gasteiger charge is -2.19.